The molecule has 0 radical (unpaired) electrons. The largest absolute Gasteiger partial charge is 0.481 e. The summed E-state index contributed by atoms with van der Waals surface area (Å²) in [6.45, 7) is 11.3. The number of likely N-dealkylation sites (N-methyl/N-ethyl adjacent to an activating group) is 1. The van der Waals surface area contributed by atoms with Crippen molar-refractivity contribution in [3.05, 3.63) is 0 Å². The van der Waals surface area contributed by atoms with Crippen molar-refractivity contribution in [1.29, 1.82) is 0 Å². The van der Waals surface area contributed by atoms with E-state index in [1.807, 2.05) is 0 Å². The number of carbonyl (C=O) groups is 1. The second-order valence-corrected chi connectivity index (χ2v) is 5.24. The summed E-state index contributed by atoms with van der Waals surface area (Å²) in [7, 11) is 0. The standard InChI is InChI=1S/C14H28N2O2/c1-3-15(4-2)11-12-16-9-7-13(8-10-16)5-6-14(17)18/h13H,3-12H2,1-2H3,(H,17,18). The van der Waals surface area contributed by atoms with Gasteiger partial charge in [0.05, 0.1) is 0 Å². The third kappa shape index (κ3) is 5.83. The van der Waals surface area contributed by atoms with E-state index in [4.69, 9.17) is 5.11 Å². The van der Waals surface area contributed by atoms with Gasteiger partial charge in [-0.05, 0) is 51.4 Å². The molecule has 0 aromatic heterocycles. The third-order valence-corrected chi connectivity index (χ3v) is 4.10. The number of hydrogen-bond acceptors (Lipinski definition) is 3. The minimum Gasteiger partial charge on any atom is -0.481 e. The van der Waals surface area contributed by atoms with Crippen molar-refractivity contribution in [2.75, 3.05) is 39.3 Å². The lowest BCUT2D eigenvalue weighted by atomic mass is 9.92. The molecule has 18 heavy (non-hydrogen) atoms. The van der Waals surface area contributed by atoms with E-state index in [1.54, 1.807) is 0 Å². The normalized spacial score (nSPS) is 18.4. The van der Waals surface area contributed by atoms with Gasteiger partial charge in [0.25, 0.3) is 0 Å². The average Bonchev–Trinajstić information content (AvgIpc) is 2.39. The first-order valence-electron chi connectivity index (χ1n) is 7.32. The van der Waals surface area contributed by atoms with Crippen molar-refractivity contribution in [1.82, 2.24) is 9.80 Å². The number of piperidine rings is 1. The minimum absolute atomic E-state index is 0.337. The van der Waals surface area contributed by atoms with Crippen LogP contribution in [0.25, 0.3) is 0 Å². The van der Waals surface area contributed by atoms with Crippen molar-refractivity contribution in [3.8, 4) is 0 Å². The monoisotopic (exact) mass is 256 g/mol. The molecule has 106 valence electrons. The Morgan fingerprint density at radius 2 is 1.89 bits per heavy atom. The van der Waals surface area contributed by atoms with E-state index < -0.39 is 5.97 Å². The maximum atomic E-state index is 10.5. The zero-order valence-electron chi connectivity index (χ0n) is 11.9. The van der Waals surface area contributed by atoms with Crippen LogP contribution in [0.15, 0.2) is 0 Å². The van der Waals surface area contributed by atoms with Gasteiger partial charge >= 0.3 is 5.97 Å². The third-order valence-electron chi connectivity index (χ3n) is 4.10. The topological polar surface area (TPSA) is 43.8 Å². The molecule has 1 saturated heterocycles. The fourth-order valence-corrected chi connectivity index (χ4v) is 2.65. The molecule has 1 fully saturated rings. The Kier molecular flexibility index (Phi) is 7.28. The van der Waals surface area contributed by atoms with Gasteiger partial charge in [-0.25, -0.2) is 0 Å². The quantitative estimate of drug-likeness (QED) is 0.720. The fraction of sp³-hybridized carbons (Fsp3) is 0.929. The number of carboxylic acids is 1. The highest BCUT2D eigenvalue weighted by atomic mass is 16.4. The van der Waals surface area contributed by atoms with Crippen LogP contribution in [0.1, 0.15) is 39.5 Å². The Balaban J connectivity index is 2.13. The molecule has 0 aromatic rings. The predicted molar refractivity (Wildman–Crippen MR) is 73.8 cm³/mol. The molecule has 0 bridgehead atoms. The maximum absolute atomic E-state index is 10.5. The first kappa shape index (κ1) is 15.4. The number of carboxylic acid groups (broad SMARTS) is 1. The van der Waals surface area contributed by atoms with Crippen molar-refractivity contribution < 1.29 is 9.90 Å². The molecule has 1 rings (SSSR count). The Labute approximate surface area is 111 Å². The van der Waals surface area contributed by atoms with Gasteiger partial charge in [-0.2, -0.15) is 0 Å². The summed E-state index contributed by atoms with van der Waals surface area (Å²) in [4.78, 5) is 15.5. The first-order valence-corrected chi connectivity index (χ1v) is 7.32. The van der Waals surface area contributed by atoms with E-state index in [0.29, 0.717) is 12.3 Å². The summed E-state index contributed by atoms with van der Waals surface area (Å²) in [6.07, 6.45) is 3.54. The number of aliphatic carboxylic acids is 1. The number of hydrogen-bond donors (Lipinski definition) is 1. The van der Waals surface area contributed by atoms with Crippen LogP contribution in [0.3, 0.4) is 0 Å². The Hall–Kier alpha value is -0.610. The van der Waals surface area contributed by atoms with Crippen LogP contribution in [0.5, 0.6) is 0 Å². The van der Waals surface area contributed by atoms with Gasteiger partial charge in [0.2, 0.25) is 0 Å². The number of likely N-dealkylation sites (tertiary alicyclic amines) is 1. The number of rotatable bonds is 8. The molecule has 4 nitrogen and oxygen atoms in total. The van der Waals surface area contributed by atoms with E-state index in [0.717, 1.165) is 45.7 Å². The van der Waals surface area contributed by atoms with E-state index in [-0.39, 0.29) is 0 Å². The van der Waals surface area contributed by atoms with Gasteiger partial charge in [0, 0.05) is 19.5 Å². The van der Waals surface area contributed by atoms with Gasteiger partial charge in [-0.3, -0.25) is 4.79 Å². The molecule has 0 saturated carbocycles. The molecule has 0 amide bonds. The lowest BCUT2D eigenvalue weighted by Crippen LogP contribution is -2.39. The van der Waals surface area contributed by atoms with Crippen LogP contribution < -0.4 is 0 Å². The SMILES string of the molecule is CCN(CC)CCN1CCC(CCC(=O)O)CC1. The molecule has 1 heterocycles. The van der Waals surface area contributed by atoms with E-state index in [2.05, 4.69) is 23.6 Å². The highest BCUT2D eigenvalue weighted by Gasteiger charge is 2.19. The predicted octanol–water partition coefficient (Wildman–Crippen LogP) is 1.91. The van der Waals surface area contributed by atoms with Crippen LogP contribution in [-0.4, -0.2) is 60.1 Å². The maximum Gasteiger partial charge on any atom is 0.303 e. The molecular weight excluding hydrogens is 228 g/mol. The lowest BCUT2D eigenvalue weighted by molar-refractivity contribution is -0.137. The van der Waals surface area contributed by atoms with E-state index in [9.17, 15) is 4.79 Å². The summed E-state index contributed by atoms with van der Waals surface area (Å²) in [5.41, 5.74) is 0. The highest BCUT2D eigenvalue weighted by molar-refractivity contribution is 5.66. The van der Waals surface area contributed by atoms with Crippen molar-refractivity contribution in [2.24, 2.45) is 5.92 Å². The molecule has 0 atom stereocenters. The summed E-state index contributed by atoms with van der Waals surface area (Å²) < 4.78 is 0. The second kappa shape index (κ2) is 8.48. The van der Waals surface area contributed by atoms with Crippen LogP contribution in [0.2, 0.25) is 0 Å². The molecule has 0 aromatic carbocycles. The molecular formula is C14H28N2O2. The van der Waals surface area contributed by atoms with Gasteiger partial charge < -0.3 is 14.9 Å². The summed E-state index contributed by atoms with van der Waals surface area (Å²) in [5, 5.41) is 8.68. The van der Waals surface area contributed by atoms with Gasteiger partial charge in [-0.15, -0.1) is 0 Å². The molecule has 4 heteroatoms. The van der Waals surface area contributed by atoms with Crippen molar-refractivity contribution >= 4 is 5.97 Å². The van der Waals surface area contributed by atoms with Gasteiger partial charge in [0.1, 0.15) is 0 Å². The summed E-state index contributed by atoms with van der Waals surface area (Å²) in [5.74, 6) is -0.0234. The Morgan fingerprint density at radius 3 is 2.39 bits per heavy atom. The van der Waals surface area contributed by atoms with Crippen LogP contribution in [-0.2, 0) is 4.79 Å². The number of nitrogens with zero attached hydrogens (tertiary/aromatic N) is 2. The van der Waals surface area contributed by atoms with Crippen LogP contribution in [0, 0.1) is 5.92 Å². The molecule has 1 aliphatic heterocycles. The summed E-state index contributed by atoms with van der Waals surface area (Å²) in [6, 6.07) is 0. The van der Waals surface area contributed by atoms with E-state index in [1.165, 1.54) is 12.8 Å². The van der Waals surface area contributed by atoms with Crippen LogP contribution >= 0.6 is 0 Å². The van der Waals surface area contributed by atoms with Gasteiger partial charge in [-0.1, -0.05) is 13.8 Å². The Bertz CT molecular complexity index is 234. The molecule has 1 N–H and O–H groups in total. The first-order chi connectivity index (χ1) is 8.65. The molecule has 1 aliphatic rings. The molecule has 0 spiro atoms. The van der Waals surface area contributed by atoms with Gasteiger partial charge in [0.15, 0.2) is 0 Å². The molecule has 0 aliphatic carbocycles. The minimum atomic E-state index is -0.654. The zero-order chi connectivity index (χ0) is 13.4. The van der Waals surface area contributed by atoms with Crippen LogP contribution in [0.4, 0.5) is 0 Å². The summed E-state index contributed by atoms with van der Waals surface area (Å²) >= 11 is 0. The highest BCUT2D eigenvalue weighted by Crippen LogP contribution is 2.21. The fourth-order valence-electron chi connectivity index (χ4n) is 2.65. The lowest BCUT2D eigenvalue weighted by Gasteiger charge is -2.33. The Morgan fingerprint density at radius 1 is 1.28 bits per heavy atom. The van der Waals surface area contributed by atoms with Crippen molar-refractivity contribution in [2.45, 2.75) is 39.5 Å². The second-order valence-electron chi connectivity index (χ2n) is 5.24. The smallest absolute Gasteiger partial charge is 0.303 e. The molecule has 0 unspecified atom stereocenters. The zero-order valence-corrected chi connectivity index (χ0v) is 11.9. The average molecular weight is 256 g/mol. The van der Waals surface area contributed by atoms with E-state index >= 15 is 0 Å². The van der Waals surface area contributed by atoms with Crippen molar-refractivity contribution in [3.63, 3.8) is 0 Å².